The number of aromatic nitrogens is 1. The Balaban J connectivity index is 2.40. The minimum atomic E-state index is -0.131. The Morgan fingerprint density at radius 1 is 1.47 bits per heavy atom. The Labute approximate surface area is 113 Å². The van der Waals surface area contributed by atoms with Gasteiger partial charge in [0.1, 0.15) is 5.75 Å². The molecule has 19 heavy (non-hydrogen) atoms. The molecule has 106 valence electrons. The average molecular weight is 266 g/mol. The number of nitrogens with zero attached hydrogens (tertiary/aromatic N) is 1. The van der Waals surface area contributed by atoms with E-state index in [4.69, 9.17) is 4.74 Å². The Morgan fingerprint density at radius 2 is 2.26 bits per heavy atom. The molecule has 0 fully saturated rings. The number of rotatable bonds is 9. The fourth-order valence-electron chi connectivity index (χ4n) is 1.64. The van der Waals surface area contributed by atoms with E-state index in [0.29, 0.717) is 43.1 Å². The summed E-state index contributed by atoms with van der Waals surface area (Å²) in [5.74, 6) is 0.145. The van der Waals surface area contributed by atoms with Crippen molar-refractivity contribution in [3.05, 3.63) is 35.7 Å². The highest BCUT2D eigenvalue weighted by atomic mass is 16.5. The van der Waals surface area contributed by atoms with E-state index in [1.54, 1.807) is 13.1 Å². The van der Waals surface area contributed by atoms with Gasteiger partial charge in [-0.15, -0.1) is 6.58 Å². The van der Waals surface area contributed by atoms with Crippen molar-refractivity contribution in [3.63, 3.8) is 0 Å². The van der Waals surface area contributed by atoms with E-state index < -0.39 is 0 Å². The van der Waals surface area contributed by atoms with Gasteiger partial charge in [-0.2, -0.15) is 0 Å². The van der Waals surface area contributed by atoms with E-state index in [1.807, 2.05) is 6.08 Å². The highest BCUT2D eigenvalue weighted by Gasteiger charge is 2.10. The summed E-state index contributed by atoms with van der Waals surface area (Å²) in [6.45, 7) is 7.66. The van der Waals surface area contributed by atoms with Gasteiger partial charge in [0.2, 0.25) is 0 Å². The molecule has 0 aliphatic heterocycles. The van der Waals surface area contributed by atoms with Crippen molar-refractivity contribution >= 4 is 0 Å². The molecule has 0 aromatic carbocycles. The highest BCUT2D eigenvalue weighted by Crippen LogP contribution is 2.23. The lowest BCUT2D eigenvalue weighted by molar-refractivity contribution is 0.140. The zero-order valence-corrected chi connectivity index (χ0v) is 11.4. The molecule has 1 aromatic heterocycles. The van der Waals surface area contributed by atoms with Crippen LogP contribution in [0.2, 0.25) is 0 Å². The number of aliphatic hydroxyl groups excluding tert-OH is 1. The van der Waals surface area contributed by atoms with Crippen molar-refractivity contribution in [2.75, 3.05) is 19.8 Å². The number of aromatic hydroxyl groups is 1. The lowest BCUT2D eigenvalue weighted by Crippen LogP contribution is -2.20. The topological polar surface area (TPSA) is 74.6 Å². The van der Waals surface area contributed by atoms with Crippen molar-refractivity contribution < 1.29 is 14.9 Å². The van der Waals surface area contributed by atoms with Gasteiger partial charge in [-0.1, -0.05) is 6.08 Å². The van der Waals surface area contributed by atoms with E-state index in [1.165, 1.54) is 0 Å². The van der Waals surface area contributed by atoms with Crippen LogP contribution in [0.1, 0.15) is 23.2 Å². The van der Waals surface area contributed by atoms with E-state index >= 15 is 0 Å². The maximum atomic E-state index is 9.93. The van der Waals surface area contributed by atoms with Crippen LogP contribution < -0.4 is 5.32 Å². The van der Waals surface area contributed by atoms with Crippen molar-refractivity contribution in [1.82, 2.24) is 10.3 Å². The van der Waals surface area contributed by atoms with Gasteiger partial charge in [-0.25, -0.2) is 0 Å². The fourth-order valence-corrected chi connectivity index (χ4v) is 1.64. The summed E-state index contributed by atoms with van der Waals surface area (Å²) in [7, 11) is 0. The van der Waals surface area contributed by atoms with Gasteiger partial charge in [0, 0.05) is 30.4 Å². The third-order valence-electron chi connectivity index (χ3n) is 2.79. The lowest BCUT2D eigenvalue weighted by Gasteiger charge is -2.12. The van der Waals surface area contributed by atoms with E-state index in [0.717, 1.165) is 6.42 Å². The molecule has 0 amide bonds. The average Bonchev–Trinajstić information content (AvgIpc) is 2.42. The largest absolute Gasteiger partial charge is 0.506 e. The first-order valence-electron chi connectivity index (χ1n) is 6.37. The van der Waals surface area contributed by atoms with Gasteiger partial charge in [0.05, 0.1) is 25.5 Å². The van der Waals surface area contributed by atoms with Gasteiger partial charge in [0.25, 0.3) is 0 Å². The summed E-state index contributed by atoms with van der Waals surface area (Å²) in [4.78, 5) is 4.02. The summed E-state index contributed by atoms with van der Waals surface area (Å²) in [6, 6.07) is 0. The third-order valence-corrected chi connectivity index (χ3v) is 2.79. The van der Waals surface area contributed by atoms with Crippen LogP contribution in [0.5, 0.6) is 5.75 Å². The smallest absolute Gasteiger partial charge is 0.141 e. The number of hydrogen-bond acceptors (Lipinski definition) is 5. The van der Waals surface area contributed by atoms with Gasteiger partial charge >= 0.3 is 0 Å². The number of hydrogen-bond donors (Lipinski definition) is 3. The molecule has 1 aromatic rings. The van der Waals surface area contributed by atoms with Crippen LogP contribution >= 0.6 is 0 Å². The van der Waals surface area contributed by atoms with Crippen molar-refractivity contribution in [3.8, 4) is 5.75 Å². The second-order valence-electron chi connectivity index (χ2n) is 4.22. The molecule has 0 unspecified atom stereocenters. The Bertz CT molecular complexity index is 408. The van der Waals surface area contributed by atoms with Crippen molar-refractivity contribution in [1.29, 1.82) is 0 Å². The molecule has 0 spiro atoms. The number of nitrogens with one attached hydrogen (secondary N) is 1. The summed E-state index contributed by atoms with van der Waals surface area (Å²) >= 11 is 0. The Hall–Kier alpha value is -1.43. The molecule has 1 rings (SSSR count). The van der Waals surface area contributed by atoms with Crippen LogP contribution in [0.15, 0.2) is 18.9 Å². The van der Waals surface area contributed by atoms with Gasteiger partial charge in [-0.05, 0) is 13.3 Å². The molecular weight excluding hydrogens is 244 g/mol. The molecule has 0 atom stereocenters. The van der Waals surface area contributed by atoms with Crippen LogP contribution in [0.3, 0.4) is 0 Å². The Kier molecular flexibility index (Phi) is 7.10. The molecule has 0 saturated heterocycles. The number of pyridine rings is 1. The normalized spacial score (nSPS) is 10.6. The molecule has 0 bridgehead atoms. The van der Waals surface area contributed by atoms with Gasteiger partial charge in [-0.3, -0.25) is 4.98 Å². The molecule has 0 aliphatic rings. The molecule has 5 nitrogen and oxygen atoms in total. The maximum absolute atomic E-state index is 9.93. The van der Waals surface area contributed by atoms with Crippen LogP contribution in [0, 0.1) is 6.92 Å². The van der Waals surface area contributed by atoms with Crippen molar-refractivity contribution in [2.24, 2.45) is 0 Å². The summed E-state index contributed by atoms with van der Waals surface area (Å²) in [5.41, 5.74) is 1.90. The maximum Gasteiger partial charge on any atom is 0.141 e. The van der Waals surface area contributed by atoms with Crippen LogP contribution in [0.25, 0.3) is 0 Å². The number of aliphatic hydroxyl groups is 1. The molecule has 0 aliphatic carbocycles. The van der Waals surface area contributed by atoms with E-state index in [2.05, 4.69) is 16.9 Å². The minimum Gasteiger partial charge on any atom is -0.506 e. The Morgan fingerprint density at radius 3 is 2.95 bits per heavy atom. The lowest BCUT2D eigenvalue weighted by atomic mass is 10.1. The minimum absolute atomic E-state index is 0.131. The predicted octanol–water partition coefficient (Wildman–Crippen LogP) is 1.27. The summed E-state index contributed by atoms with van der Waals surface area (Å²) < 4.78 is 5.36. The number of ether oxygens (including phenoxy) is 1. The first-order chi connectivity index (χ1) is 9.20. The molecule has 5 heteroatoms. The van der Waals surface area contributed by atoms with E-state index in [9.17, 15) is 10.2 Å². The van der Waals surface area contributed by atoms with Gasteiger partial charge < -0.3 is 20.3 Å². The molecule has 0 radical (unpaired) electrons. The SMILES string of the molecule is C=CCCOCCNCc1c(CO)cnc(C)c1O. The standard InChI is InChI=1S/C14H22N2O3/c1-3-4-6-19-7-5-15-9-13-12(10-17)8-16-11(2)14(13)18/h3,8,15,17-18H,1,4-7,9-10H2,2H3. The molecular formula is C14H22N2O3. The van der Waals surface area contributed by atoms with Crippen LogP contribution in [-0.4, -0.2) is 35.0 Å². The zero-order valence-electron chi connectivity index (χ0n) is 11.4. The molecule has 3 N–H and O–H groups in total. The zero-order chi connectivity index (χ0) is 14.1. The first kappa shape index (κ1) is 15.6. The summed E-state index contributed by atoms with van der Waals surface area (Å²) in [6.07, 6.45) is 4.25. The highest BCUT2D eigenvalue weighted by molar-refractivity contribution is 5.40. The number of aryl methyl sites for hydroxylation is 1. The van der Waals surface area contributed by atoms with Gasteiger partial charge in [0.15, 0.2) is 0 Å². The van der Waals surface area contributed by atoms with Crippen molar-refractivity contribution in [2.45, 2.75) is 26.5 Å². The quantitative estimate of drug-likeness (QED) is 0.463. The molecule has 0 saturated carbocycles. The monoisotopic (exact) mass is 266 g/mol. The fraction of sp³-hybridized carbons (Fsp3) is 0.500. The molecule has 1 heterocycles. The third kappa shape index (κ3) is 4.98. The van der Waals surface area contributed by atoms with Crippen LogP contribution in [-0.2, 0) is 17.9 Å². The predicted molar refractivity (Wildman–Crippen MR) is 73.9 cm³/mol. The van der Waals surface area contributed by atoms with E-state index in [-0.39, 0.29) is 12.4 Å². The second kappa shape index (κ2) is 8.63. The second-order valence-corrected chi connectivity index (χ2v) is 4.22. The first-order valence-corrected chi connectivity index (χ1v) is 6.37. The summed E-state index contributed by atoms with van der Waals surface area (Å²) in [5, 5.41) is 22.3. The van der Waals surface area contributed by atoms with Crippen LogP contribution in [0.4, 0.5) is 0 Å².